The van der Waals surface area contributed by atoms with Gasteiger partial charge in [0, 0.05) is 5.41 Å². The van der Waals surface area contributed by atoms with Gasteiger partial charge >= 0.3 is 5.97 Å². The van der Waals surface area contributed by atoms with E-state index in [2.05, 4.69) is 6.92 Å². The van der Waals surface area contributed by atoms with Crippen molar-refractivity contribution in [3.05, 3.63) is 0 Å². The Morgan fingerprint density at radius 1 is 1.10 bits per heavy atom. The Hall–Kier alpha value is -0.610. The lowest BCUT2D eigenvalue weighted by atomic mass is 9.75. The van der Waals surface area contributed by atoms with Crippen LogP contribution in [0.2, 0.25) is 0 Å². The highest BCUT2D eigenvalue weighted by atomic mass is 17.4. The van der Waals surface area contributed by atoms with E-state index in [1.165, 1.54) is 12.8 Å². The Morgan fingerprint density at radius 3 is 2.15 bits per heavy atom. The molecule has 0 radical (unpaired) electrons. The van der Waals surface area contributed by atoms with Gasteiger partial charge in [0.25, 0.3) is 0 Å². The molecule has 0 aliphatic carbocycles. The average Bonchev–Trinajstić information content (AvgIpc) is 3.09. The van der Waals surface area contributed by atoms with Gasteiger partial charge in [-0.1, -0.05) is 46.5 Å². The van der Waals surface area contributed by atoms with Crippen LogP contribution < -0.4 is 0 Å². The minimum Gasteiger partial charge on any atom is -0.460 e. The quantitative estimate of drug-likeness (QED) is 0.290. The molecule has 1 unspecified atom stereocenters. The monoisotopic (exact) mass is 286 g/mol. The highest BCUT2D eigenvalue weighted by Gasteiger charge is 2.51. The molecule has 1 heterocycles. The van der Waals surface area contributed by atoms with Crippen molar-refractivity contribution in [1.82, 2.24) is 0 Å². The summed E-state index contributed by atoms with van der Waals surface area (Å²) in [5.41, 5.74) is -0.811. The third-order valence-corrected chi connectivity index (χ3v) is 3.74. The zero-order valence-electron chi connectivity index (χ0n) is 13.8. The molecular formula is C16H30O4. The number of carbonyl (C=O) groups excluding carboxylic acids is 1. The van der Waals surface area contributed by atoms with E-state index in [1.807, 2.05) is 34.6 Å². The summed E-state index contributed by atoms with van der Waals surface area (Å²) in [6, 6.07) is 0. The second-order valence-corrected chi connectivity index (χ2v) is 7.28. The van der Waals surface area contributed by atoms with Gasteiger partial charge in [-0.2, -0.15) is 9.78 Å². The van der Waals surface area contributed by atoms with Crippen molar-refractivity contribution >= 4 is 5.97 Å². The molecule has 1 rings (SSSR count). The van der Waals surface area contributed by atoms with E-state index >= 15 is 0 Å². The van der Waals surface area contributed by atoms with Crippen molar-refractivity contribution in [3.63, 3.8) is 0 Å². The van der Waals surface area contributed by atoms with Gasteiger partial charge in [0.2, 0.25) is 6.29 Å². The smallest absolute Gasteiger partial charge is 0.310 e. The topological polar surface area (TPSA) is 51.4 Å². The van der Waals surface area contributed by atoms with Crippen LogP contribution in [0.15, 0.2) is 0 Å². The van der Waals surface area contributed by atoms with E-state index in [0.717, 1.165) is 19.3 Å². The molecule has 1 aliphatic rings. The molecule has 1 atom stereocenters. The summed E-state index contributed by atoms with van der Waals surface area (Å²) >= 11 is 0. The van der Waals surface area contributed by atoms with Crippen LogP contribution in [0.3, 0.4) is 0 Å². The van der Waals surface area contributed by atoms with Crippen LogP contribution in [-0.2, 0) is 19.3 Å². The molecule has 1 saturated heterocycles. The van der Waals surface area contributed by atoms with Crippen LogP contribution in [0.25, 0.3) is 0 Å². The molecule has 1 fully saturated rings. The number of carbonyl (C=O) groups is 1. The van der Waals surface area contributed by atoms with E-state index < -0.39 is 5.60 Å². The lowest BCUT2D eigenvalue weighted by Crippen LogP contribution is -2.39. The van der Waals surface area contributed by atoms with Crippen molar-refractivity contribution < 1.29 is 19.3 Å². The average molecular weight is 286 g/mol. The van der Waals surface area contributed by atoms with Gasteiger partial charge in [0.15, 0.2) is 0 Å². The summed E-state index contributed by atoms with van der Waals surface area (Å²) in [5.74, 6) is -0.329. The van der Waals surface area contributed by atoms with Gasteiger partial charge in [0.05, 0.1) is 5.92 Å². The van der Waals surface area contributed by atoms with Gasteiger partial charge < -0.3 is 4.74 Å². The molecule has 1 aliphatic heterocycles. The van der Waals surface area contributed by atoms with E-state index in [9.17, 15) is 4.79 Å². The Morgan fingerprint density at radius 2 is 1.70 bits per heavy atom. The molecule has 0 bridgehead atoms. The molecule has 0 spiro atoms. The van der Waals surface area contributed by atoms with Crippen molar-refractivity contribution in [1.29, 1.82) is 0 Å². The molecule has 0 saturated carbocycles. The summed E-state index contributed by atoms with van der Waals surface area (Å²) in [6.07, 6.45) is 5.12. The van der Waals surface area contributed by atoms with Crippen LogP contribution in [0.4, 0.5) is 0 Å². The number of unbranched alkanes of at least 4 members (excludes halogenated alkanes) is 3. The van der Waals surface area contributed by atoms with Crippen LogP contribution in [0, 0.1) is 11.3 Å². The number of rotatable bonds is 8. The largest absolute Gasteiger partial charge is 0.460 e. The van der Waals surface area contributed by atoms with Gasteiger partial charge in [-0.25, -0.2) is 0 Å². The van der Waals surface area contributed by atoms with E-state index in [-0.39, 0.29) is 23.6 Å². The number of hydrogen-bond acceptors (Lipinski definition) is 4. The van der Waals surface area contributed by atoms with Crippen molar-refractivity contribution in [2.75, 3.05) is 0 Å². The Labute approximate surface area is 123 Å². The number of esters is 1. The summed E-state index contributed by atoms with van der Waals surface area (Å²) < 4.78 is 5.57. The first-order valence-corrected chi connectivity index (χ1v) is 7.73. The van der Waals surface area contributed by atoms with Crippen LogP contribution in [0.1, 0.15) is 73.6 Å². The predicted molar refractivity (Wildman–Crippen MR) is 77.8 cm³/mol. The normalized spacial score (nSPS) is 17.9. The molecule has 0 N–H and O–H groups in total. The van der Waals surface area contributed by atoms with Gasteiger partial charge in [-0.05, 0) is 27.2 Å². The van der Waals surface area contributed by atoms with Crippen molar-refractivity contribution in [2.45, 2.75) is 85.5 Å². The van der Waals surface area contributed by atoms with Crippen LogP contribution in [-0.4, -0.2) is 17.9 Å². The highest BCUT2D eigenvalue weighted by Crippen LogP contribution is 2.43. The summed E-state index contributed by atoms with van der Waals surface area (Å²) in [6.45, 7) is 11.9. The van der Waals surface area contributed by atoms with E-state index in [1.54, 1.807) is 0 Å². The minimum atomic E-state index is -0.458. The molecule has 0 aromatic rings. The predicted octanol–water partition coefficient (Wildman–Crippen LogP) is 4.23. The van der Waals surface area contributed by atoms with Crippen LogP contribution in [0.5, 0.6) is 0 Å². The maximum Gasteiger partial charge on any atom is 0.310 e. The lowest BCUT2D eigenvalue weighted by Gasteiger charge is -2.32. The highest BCUT2D eigenvalue weighted by molar-refractivity contribution is 5.74. The van der Waals surface area contributed by atoms with Gasteiger partial charge in [-0.15, -0.1) is 0 Å². The van der Waals surface area contributed by atoms with E-state index in [0.29, 0.717) is 0 Å². The second kappa shape index (κ2) is 6.90. The summed E-state index contributed by atoms with van der Waals surface area (Å²) in [5, 5.41) is 0. The van der Waals surface area contributed by atoms with E-state index in [4.69, 9.17) is 14.5 Å². The molecule has 118 valence electrons. The minimum absolute atomic E-state index is 0.141. The van der Waals surface area contributed by atoms with Crippen molar-refractivity contribution in [3.8, 4) is 0 Å². The molecule has 0 aromatic carbocycles. The number of hydrogen-bond donors (Lipinski definition) is 0. The first-order chi connectivity index (χ1) is 9.18. The number of ether oxygens (including phenoxy) is 1. The SMILES string of the molecule is CCCCCCC(C(=O)OC(C)(C)C)C(C)(C)C1OO1. The van der Waals surface area contributed by atoms with Crippen molar-refractivity contribution in [2.24, 2.45) is 11.3 Å². The third-order valence-electron chi connectivity index (χ3n) is 3.74. The summed E-state index contributed by atoms with van der Waals surface area (Å²) in [4.78, 5) is 22.4. The summed E-state index contributed by atoms with van der Waals surface area (Å²) in [7, 11) is 0. The Bertz CT molecular complexity index is 313. The fourth-order valence-electron chi connectivity index (χ4n) is 2.38. The maximum absolute atomic E-state index is 12.5. The lowest BCUT2D eigenvalue weighted by molar-refractivity contribution is -0.165. The van der Waals surface area contributed by atoms with Gasteiger partial charge in [0.1, 0.15) is 5.60 Å². The molecule has 0 amide bonds. The standard InChI is InChI=1S/C16H30O4/c1-7-8-9-10-11-12(13(17)18-15(2,3)4)16(5,6)14-19-20-14/h12,14H,7-11H2,1-6H3. The molecule has 0 aromatic heterocycles. The third kappa shape index (κ3) is 5.41. The maximum atomic E-state index is 12.5. The van der Waals surface area contributed by atoms with Crippen LogP contribution >= 0.6 is 0 Å². The molecular weight excluding hydrogens is 256 g/mol. The molecule has 4 nitrogen and oxygen atoms in total. The zero-order chi connectivity index (χ0) is 15.4. The fraction of sp³-hybridized carbons (Fsp3) is 0.938. The Balaban J connectivity index is 2.65. The zero-order valence-corrected chi connectivity index (χ0v) is 13.8. The second-order valence-electron chi connectivity index (χ2n) is 7.28. The Kier molecular flexibility index (Phi) is 6.02. The molecule has 20 heavy (non-hydrogen) atoms. The first-order valence-electron chi connectivity index (χ1n) is 7.73. The fourth-order valence-corrected chi connectivity index (χ4v) is 2.38. The van der Waals surface area contributed by atoms with Gasteiger partial charge in [-0.3, -0.25) is 4.79 Å². The molecule has 4 heteroatoms. The first kappa shape index (κ1) is 17.4.